The minimum absolute atomic E-state index is 0.0657. The summed E-state index contributed by atoms with van der Waals surface area (Å²) in [5.74, 6) is 0.691. The van der Waals surface area contributed by atoms with Crippen molar-refractivity contribution in [2.75, 3.05) is 11.9 Å². The molecule has 0 aliphatic carbocycles. The molecule has 16 heavy (non-hydrogen) atoms. The fourth-order valence-electron chi connectivity index (χ4n) is 1.69. The first-order valence-corrected chi connectivity index (χ1v) is 5.21. The highest BCUT2D eigenvalue weighted by Crippen LogP contribution is 2.31. The number of rotatable bonds is 3. The van der Waals surface area contributed by atoms with Gasteiger partial charge in [0.25, 0.3) is 5.91 Å². The average Bonchev–Trinajstić information content (AvgIpc) is 2.28. The van der Waals surface area contributed by atoms with Crippen LogP contribution in [0.3, 0.4) is 0 Å². The molecule has 0 saturated carbocycles. The second-order valence-corrected chi connectivity index (χ2v) is 3.90. The standard InChI is InChI=1S/C12H13NO3/c1-8(4-5-14)9-2-3-11-10(6-9)13-12(15)7-16-11/h2-3,5-6,8H,4,7H2,1H3,(H,13,15). The van der Waals surface area contributed by atoms with E-state index in [-0.39, 0.29) is 18.4 Å². The van der Waals surface area contributed by atoms with Gasteiger partial charge in [-0.3, -0.25) is 4.79 Å². The Balaban J connectivity index is 2.27. The molecular weight excluding hydrogens is 206 g/mol. The monoisotopic (exact) mass is 219 g/mol. The normalized spacial score (nSPS) is 15.7. The van der Waals surface area contributed by atoms with Crippen LogP contribution in [0, 0.1) is 0 Å². The minimum Gasteiger partial charge on any atom is -0.482 e. The van der Waals surface area contributed by atoms with Gasteiger partial charge in [0.15, 0.2) is 6.61 Å². The molecule has 0 fully saturated rings. The number of aldehydes is 1. The van der Waals surface area contributed by atoms with Gasteiger partial charge in [0.1, 0.15) is 12.0 Å². The van der Waals surface area contributed by atoms with Gasteiger partial charge < -0.3 is 14.8 Å². The number of hydrogen-bond donors (Lipinski definition) is 1. The minimum atomic E-state index is -0.146. The van der Waals surface area contributed by atoms with E-state index >= 15 is 0 Å². The van der Waals surface area contributed by atoms with Crippen LogP contribution in [0.15, 0.2) is 18.2 Å². The third-order valence-electron chi connectivity index (χ3n) is 2.66. The number of nitrogens with one attached hydrogen (secondary N) is 1. The van der Waals surface area contributed by atoms with Crippen molar-refractivity contribution in [3.63, 3.8) is 0 Å². The topological polar surface area (TPSA) is 55.4 Å². The molecule has 1 N–H and O–H groups in total. The Kier molecular flexibility index (Phi) is 2.90. The third-order valence-corrected chi connectivity index (χ3v) is 2.66. The summed E-state index contributed by atoms with van der Waals surface area (Å²) in [6.07, 6.45) is 1.38. The van der Waals surface area contributed by atoms with Crippen LogP contribution in [-0.2, 0) is 9.59 Å². The van der Waals surface area contributed by atoms with Gasteiger partial charge in [-0.2, -0.15) is 0 Å². The van der Waals surface area contributed by atoms with E-state index in [0.717, 1.165) is 11.8 Å². The van der Waals surface area contributed by atoms with Gasteiger partial charge in [-0.1, -0.05) is 13.0 Å². The number of carbonyl (C=O) groups is 2. The van der Waals surface area contributed by atoms with Crippen LogP contribution in [0.25, 0.3) is 0 Å². The number of ether oxygens (including phenoxy) is 1. The predicted octanol–water partition coefficient (Wildman–Crippen LogP) is 1.71. The summed E-state index contributed by atoms with van der Waals surface area (Å²) < 4.78 is 5.25. The molecule has 1 aromatic carbocycles. The van der Waals surface area contributed by atoms with Crippen LogP contribution in [0.1, 0.15) is 24.8 Å². The van der Waals surface area contributed by atoms with E-state index in [1.165, 1.54) is 0 Å². The van der Waals surface area contributed by atoms with E-state index in [9.17, 15) is 9.59 Å². The molecule has 4 nitrogen and oxygen atoms in total. The molecule has 4 heteroatoms. The first kappa shape index (κ1) is 10.7. The molecular formula is C12H13NO3. The summed E-state index contributed by atoms with van der Waals surface area (Å²) >= 11 is 0. The molecule has 0 radical (unpaired) electrons. The first-order valence-electron chi connectivity index (χ1n) is 5.21. The van der Waals surface area contributed by atoms with Crippen LogP contribution < -0.4 is 10.1 Å². The molecule has 2 rings (SSSR count). The molecule has 0 bridgehead atoms. The average molecular weight is 219 g/mol. The van der Waals surface area contributed by atoms with E-state index in [2.05, 4.69) is 5.32 Å². The molecule has 0 aromatic heterocycles. The van der Waals surface area contributed by atoms with Crippen molar-refractivity contribution in [2.24, 2.45) is 0 Å². The fraction of sp³-hybridized carbons (Fsp3) is 0.333. The van der Waals surface area contributed by atoms with Crippen LogP contribution >= 0.6 is 0 Å². The van der Waals surface area contributed by atoms with Gasteiger partial charge in [-0.15, -0.1) is 0 Å². The molecule has 1 aliphatic heterocycles. The lowest BCUT2D eigenvalue weighted by molar-refractivity contribution is -0.118. The van der Waals surface area contributed by atoms with E-state index < -0.39 is 0 Å². The molecule has 84 valence electrons. The smallest absolute Gasteiger partial charge is 0.262 e. The highest BCUT2D eigenvalue weighted by molar-refractivity contribution is 5.95. The highest BCUT2D eigenvalue weighted by Gasteiger charge is 2.17. The maximum Gasteiger partial charge on any atom is 0.262 e. The second kappa shape index (κ2) is 4.35. The van der Waals surface area contributed by atoms with Gasteiger partial charge in [0.05, 0.1) is 5.69 Å². The molecule has 0 spiro atoms. The highest BCUT2D eigenvalue weighted by atomic mass is 16.5. The van der Waals surface area contributed by atoms with Gasteiger partial charge in [0, 0.05) is 6.42 Å². The van der Waals surface area contributed by atoms with Crippen molar-refractivity contribution in [1.82, 2.24) is 0 Å². The van der Waals surface area contributed by atoms with Crippen LogP contribution in [0.2, 0.25) is 0 Å². The Labute approximate surface area is 93.6 Å². The Morgan fingerprint density at radius 2 is 2.38 bits per heavy atom. The van der Waals surface area contributed by atoms with Crippen molar-refractivity contribution in [1.29, 1.82) is 0 Å². The zero-order valence-corrected chi connectivity index (χ0v) is 9.03. The first-order chi connectivity index (χ1) is 7.70. The maximum atomic E-state index is 11.1. The number of anilines is 1. The zero-order valence-electron chi connectivity index (χ0n) is 9.03. The van der Waals surface area contributed by atoms with Crippen molar-refractivity contribution in [3.8, 4) is 5.75 Å². The van der Waals surface area contributed by atoms with E-state index in [1.807, 2.05) is 25.1 Å². The molecule has 0 saturated heterocycles. The summed E-state index contributed by atoms with van der Waals surface area (Å²) in [5.41, 5.74) is 1.71. The Morgan fingerprint density at radius 3 is 3.12 bits per heavy atom. The van der Waals surface area contributed by atoms with Crippen LogP contribution in [0.4, 0.5) is 5.69 Å². The summed E-state index contributed by atoms with van der Waals surface area (Å²) in [6.45, 7) is 2.04. The Morgan fingerprint density at radius 1 is 1.56 bits per heavy atom. The summed E-state index contributed by atoms with van der Waals surface area (Å²) in [7, 11) is 0. The van der Waals surface area contributed by atoms with E-state index in [4.69, 9.17) is 4.74 Å². The largest absolute Gasteiger partial charge is 0.482 e. The summed E-state index contributed by atoms with van der Waals surface area (Å²) in [5, 5.41) is 2.74. The van der Waals surface area contributed by atoms with Crippen molar-refractivity contribution in [3.05, 3.63) is 23.8 Å². The quantitative estimate of drug-likeness (QED) is 0.787. The van der Waals surface area contributed by atoms with Crippen molar-refractivity contribution >= 4 is 17.9 Å². The van der Waals surface area contributed by atoms with Crippen molar-refractivity contribution < 1.29 is 14.3 Å². The summed E-state index contributed by atoms with van der Waals surface area (Å²) in [6, 6.07) is 5.61. The second-order valence-electron chi connectivity index (χ2n) is 3.90. The van der Waals surface area contributed by atoms with Gasteiger partial charge in [-0.05, 0) is 23.6 Å². The van der Waals surface area contributed by atoms with Gasteiger partial charge in [-0.25, -0.2) is 0 Å². The molecule has 1 atom stereocenters. The molecule has 1 aliphatic rings. The van der Waals surface area contributed by atoms with Crippen LogP contribution in [0.5, 0.6) is 5.75 Å². The van der Waals surface area contributed by atoms with Crippen LogP contribution in [-0.4, -0.2) is 18.8 Å². The number of carbonyl (C=O) groups excluding carboxylic acids is 2. The molecule has 1 amide bonds. The number of amides is 1. The van der Waals surface area contributed by atoms with Gasteiger partial charge >= 0.3 is 0 Å². The molecule has 1 aromatic rings. The number of fused-ring (bicyclic) bond motifs is 1. The zero-order chi connectivity index (χ0) is 11.5. The van der Waals surface area contributed by atoms with Gasteiger partial charge in [0.2, 0.25) is 0 Å². The van der Waals surface area contributed by atoms with Crippen molar-refractivity contribution in [2.45, 2.75) is 19.3 Å². The summed E-state index contributed by atoms with van der Waals surface area (Å²) in [4.78, 5) is 21.6. The third kappa shape index (κ3) is 2.05. The Hall–Kier alpha value is -1.84. The lowest BCUT2D eigenvalue weighted by Gasteiger charge is -2.19. The van der Waals surface area contributed by atoms with E-state index in [1.54, 1.807) is 0 Å². The fourth-order valence-corrected chi connectivity index (χ4v) is 1.69. The maximum absolute atomic E-state index is 11.1. The number of hydrogen-bond acceptors (Lipinski definition) is 3. The Bertz CT molecular complexity index is 428. The molecule has 1 unspecified atom stereocenters. The SMILES string of the molecule is CC(CC=O)c1ccc2c(c1)NC(=O)CO2. The lowest BCUT2D eigenvalue weighted by Crippen LogP contribution is -2.25. The number of benzene rings is 1. The lowest BCUT2D eigenvalue weighted by atomic mass is 9.97. The predicted molar refractivity (Wildman–Crippen MR) is 59.7 cm³/mol. The molecule has 1 heterocycles. The van der Waals surface area contributed by atoms with E-state index in [0.29, 0.717) is 17.9 Å².